The minimum atomic E-state index is 0.137. The number of carbonyl (C=O) groups excluding carboxylic acids is 1. The molecule has 4 rings (SSSR count). The predicted octanol–water partition coefficient (Wildman–Crippen LogP) is 0.932. The van der Waals surface area contributed by atoms with Gasteiger partial charge < -0.3 is 4.90 Å². The first-order valence-corrected chi connectivity index (χ1v) is 7.30. The van der Waals surface area contributed by atoms with Crippen molar-refractivity contribution in [2.75, 3.05) is 13.1 Å². The van der Waals surface area contributed by atoms with E-state index in [0.717, 1.165) is 19.5 Å². The van der Waals surface area contributed by atoms with Gasteiger partial charge in [0, 0.05) is 30.9 Å². The molecule has 3 heterocycles. The van der Waals surface area contributed by atoms with Gasteiger partial charge in [0.05, 0.1) is 6.42 Å². The standard InChI is InChI=1S/C15H17N5O/c21-14(6-13-17-10-18-19-13)20-5-3-15(7-12(15)9-20)11-2-1-4-16-8-11/h1-2,4,8,10,12H,3,5-7,9H2,(H,17,18,19). The van der Waals surface area contributed by atoms with Crippen molar-refractivity contribution in [2.45, 2.75) is 24.7 Å². The third-order valence-electron chi connectivity index (χ3n) is 4.87. The molecule has 1 amide bonds. The molecule has 2 atom stereocenters. The molecular formula is C15H17N5O. The van der Waals surface area contributed by atoms with E-state index >= 15 is 0 Å². The summed E-state index contributed by atoms with van der Waals surface area (Å²) in [5, 5.41) is 6.53. The predicted molar refractivity (Wildman–Crippen MR) is 75.3 cm³/mol. The van der Waals surface area contributed by atoms with E-state index in [1.54, 1.807) is 0 Å². The molecular weight excluding hydrogens is 266 g/mol. The molecule has 2 aromatic heterocycles. The van der Waals surface area contributed by atoms with Crippen LogP contribution in [-0.2, 0) is 16.6 Å². The lowest BCUT2D eigenvalue weighted by Gasteiger charge is -2.31. The van der Waals surface area contributed by atoms with Crippen LogP contribution in [0.1, 0.15) is 24.2 Å². The van der Waals surface area contributed by atoms with Crippen molar-refractivity contribution in [3.63, 3.8) is 0 Å². The van der Waals surface area contributed by atoms with E-state index in [-0.39, 0.29) is 11.3 Å². The summed E-state index contributed by atoms with van der Waals surface area (Å²) < 4.78 is 0. The molecule has 0 radical (unpaired) electrons. The lowest BCUT2D eigenvalue weighted by molar-refractivity contribution is -0.131. The molecule has 2 unspecified atom stereocenters. The van der Waals surface area contributed by atoms with Gasteiger partial charge in [0.15, 0.2) is 0 Å². The Morgan fingerprint density at radius 1 is 1.52 bits per heavy atom. The van der Waals surface area contributed by atoms with E-state index in [1.165, 1.54) is 18.3 Å². The van der Waals surface area contributed by atoms with Crippen LogP contribution in [0.25, 0.3) is 0 Å². The average molecular weight is 283 g/mol. The average Bonchev–Trinajstić information content (AvgIpc) is 3.06. The van der Waals surface area contributed by atoms with E-state index in [9.17, 15) is 4.79 Å². The summed E-state index contributed by atoms with van der Waals surface area (Å²) in [4.78, 5) is 22.5. The van der Waals surface area contributed by atoms with Crippen molar-refractivity contribution in [1.82, 2.24) is 25.1 Å². The Labute approximate surface area is 122 Å². The quantitative estimate of drug-likeness (QED) is 0.909. The van der Waals surface area contributed by atoms with Crippen LogP contribution in [0.4, 0.5) is 0 Å². The third kappa shape index (κ3) is 2.11. The van der Waals surface area contributed by atoms with Gasteiger partial charge >= 0.3 is 0 Å². The molecule has 1 saturated heterocycles. The van der Waals surface area contributed by atoms with Crippen molar-refractivity contribution in [1.29, 1.82) is 0 Å². The maximum Gasteiger partial charge on any atom is 0.230 e. The Balaban J connectivity index is 1.42. The van der Waals surface area contributed by atoms with Gasteiger partial charge in [0.2, 0.25) is 5.91 Å². The normalized spacial score (nSPS) is 27.2. The molecule has 0 bridgehead atoms. The molecule has 1 N–H and O–H groups in total. The molecule has 2 aromatic rings. The van der Waals surface area contributed by atoms with Gasteiger partial charge in [-0.1, -0.05) is 6.07 Å². The van der Waals surface area contributed by atoms with Gasteiger partial charge in [-0.05, 0) is 30.4 Å². The zero-order chi connectivity index (χ0) is 14.3. The van der Waals surface area contributed by atoms with Crippen molar-refractivity contribution >= 4 is 5.91 Å². The Morgan fingerprint density at radius 2 is 2.48 bits per heavy atom. The highest BCUT2D eigenvalue weighted by atomic mass is 16.2. The molecule has 1 saturated carbocycles. The highest BCUT2D eigenvalue weighted by Gasteiger charge is 2.58. The number of aromatic amines is 1. The first-order chi connectivity index (χ1) is 10.3. The zero-order valence-electron chi connectivity index (χ0n) is 11.7. The lowest BCUT2D eigenvalue weighted by atomic mass is 9.88. The second kappa shape index (κ2) is 4.65. The Hall–Kier alpha value is -2.24. The molecule has 6 nitrogen and oxygen atoms in total. The number of H-pyrrole nitrogens is 1. The van der Waals surface area contributed by atoms with E-state index < -0.39 is 0 Å². The van der Waals surface area contributed by atoms with Crippen LogP contribution in [-0.4, -0.2) is 44.1 Å². The third-order valence-corrected chi connectivity index (χ3v) is 4.87. The highest BCUT2D eigenvalue weighted by Crippen LogP contribution is 2.58. The fourth-order valence-electron chi connectivity index (χ4n) is 3.57. The number of hydrogen-bond acceptors (Lipinski definition) is 4. The van der Waals surface area contributed by atoms with E-state index in [2.05, 4.69) is 26.2 Å². The van der Waals surface area contributed by atoms with Crippen LogP contribution in [0.15, 0.2) is 30.9 Å². The molecule has 2 fully saturated rings. The number of nitrogens with one attached hydrogen (secondary N) is 1. The van der Waals surface area contributed by atoms with Crippen molar-refractivity contribution in [2.24, 2.45) is 5.92 Å². The fourth-order valence-corrected chi connectivity index (χ4v) is 3.57. The van der Waals surface area contributed by atoms with Gasteiger partial charge in [-0.25, -0.2) is 4.98 Å². The van der Waals surface area contributed by atoms with Crippen LogP contribution in [0.5, 0.6) is 0 Å². The van der Waals surface area contributed by atoms with Gasteiger partial charge in [-0.2, -0.15) is 5.10 Å². The number of hydrogen-bond donors (Lipinski definition) is 1. The SMILES string of the molecule is O=C(Cc1ncn[nH]1)N1CCC2(c3cccnc3)CC2C1. The van der Waals surface area contributed by atoms with Crippen molar-refractivity contribution in [3.05, 3.63) is 42.2 Å². The molecule has 108 valence electrons. The van der Waals surface area contributed by atoms with Crippen molar-refractivity contribution in [3.8, 4) is 0 Å². The minimum absolute atomic E-state index is 0.137. The van der Waals surface area contributed by atoms with E-state index in [4.69, 9.17) is 0 Å². The lowest BCUT2D eigenvalue weighted by Crippen LogP contribution is -2.41. The second-order valence-electron chi connectivity index (χ2n) is 6.00. The number of rotatable bonds is 3. The summed E-state index contributed by atoms with van der Waals surface area (Å²) in [6, 6.07) is 4.17. The summed E-state index contributed by atoms with van der Waals surface area (Å²) in [7, 11) is 0. The largest absolute Gasteiger partial charge is 0.342 e. The number of pyridine rings is 1. The van der Waals surface area contributed by atoms with Crippen LogP contribution < -0.4 is 0 Å². The zero-order valence-corrected chi connectivity index (χ0v) is 11.7. The maximum absolute atomic E-state index is 12.3. The number of amides is 1. The van der Waals surface area contributed by atoms with E-state index in [1.807, 2.05) is 23.4 Å². The summed E-state index contributed by atoms with van der Waals surface area (Å²) >= 11 is 0. The molecule has 2 aliphatic rings. The monoisotopic (exact) mass is 283 g/mol. The van der Waals surface area contributed by atoms with Gasteiger partial charge in [-0.15, -0.1) is 0 Å². The van der Waals surface area contributed by atoms with Crippen molar-refractivity contribution < 1.29 is 4.79 Å². The molecule has 0 aromatic carbocycles. The number of piperidine rings is 1. The van der Waals surface area contributed by atoms with Crippen LogP contribution >= 0.6 is 0 Å². The molecule has 0 spiro atoms. The molecule has 1 aliphatic heterocycles. The van der Waals surface area contributed by atoms with Crippen LogP contribution in [0.2, 0.25) is 0 Å². The van der Waals surface area contributed by atoms with Gasteiger partial charge in [0.1, 0.15) is 12.2 Å². The molecule has 6 heteroatoms. The Kier molecular flexibility index (Phi) is 2.77. The first-order valence-electron chi connectivity index (χ1n) is 7.30. The van der Waals surface area contributed by atoms with Gasteiger partial charge in [-0.3, -0.25) is 14.9 Å². The smallest absolute Gasteiger partial charge is 0.230 e. The number of likely N-dealkylation sites (tertiary alicyclic amines) is 1. The molecule has 21 heavy (non-hydrogen) atoms. The second-order valence-corrected chi connectivity index (χ2v) is 6.00. The van der Waals surface area contributed by atoms with Crippen LogP contribution in [0, 0.1) is 5.92 Å². The maximum atomic E-state index is 12.3. The summed E-state index contributed by atoms with van der Waals surface area (Å²) in [5.41, 5.74) is 1.61. The fraction of sp³-hybridized carbons (Fsp3) is 0.467. The minimum Gasteiger partial charge on any atom is -0.342 e. The Morgan fingerprint density at radius 3 is 3.19 bits per heavy atom. The number of carbonyl (C=O) groups is 1. The van der Waals surface area contributed by atoms with Gasteiger partial charge in [0.25, 0.3) is 0 Å². The molecule has 1 aliphatic carbocycles. The summed E-state index contributed by atoms with van der Waals surface area (Å²) in [5.74, 6) is 1.35. The first kappa shape index (κ1) is 12.5. The highest BCUT2D eigenvalue weighted by molar-refractivity contribution is 5.78. The summed E-state index contributed by atoms with van der Waals surface area (Å²) in [6.07, 6.45) is 7.75. The number of fused-ring (bicyclic) bond motifs is 1. The Bertz CT molecular complexity index is 641. The topological polar surface area (TPSA) is 74.8 Å². The van der Waals surface area contributed by atoms with Crippen LogP contribution in [0.3, 0.4) is 0 Å². The summed E-state index contributed by atoms with van der Waals surface area (Å²) in [6.45, 7) is 1.67. The number of aromatic nitrogens is 4. The number of nitrogens with zero attached hydrogens (tertiary/aromatic N) is 4. The van der Waals surface area contributed by atoms with E-state index in [0.29, 0.717) is 18.2 Å².